The highest BCUT2D eigenvalue weighted by atomic mass is 32.2. The van der Waals surface area contributed by atoms with Crippen molar-refractivity contribution in [3.8, 4) is 5.75 Å². The third-order valence-corrected chi connectivity index (χ3v) is 5.60. The Morgan fingerprint density at radius 2 is 1.66 bits per heavy atom. The number of para-hydroxylation sites is 1. The van der Waals surface area contributed by atoms with Crippen molar-refractivity contribution in [2.45, 2.75) is 11.8 Å². The van der Waals surface area contributed by atoms with Crippen molar-refractivity contribution in [2.75, 3.05) is 31.0 Å². The van der Waals surface area contributed by atoms with E-state index in [1.165, 1.54) is 29.2 Å². The van der Waals surface area contributed by atoms with E-state index in [0.717, 1.165) is 0 Å². The fourth-order valence-electron chi connectivity index (χ4n) is 2.72. The molecule has 0 bridgehead atoms. The second-order valence-corrected chi connectivity index (χ2v) is 8.19. The molecule has 0 saturated heterocycles. The first-order valence-corrected chi connectivity index (χ1v) is 11.3. The fraction of sp³-hybridized carbons (Fsp3) is 0.217. The third-order valence-electron chi connectivity index (χ3n) is 4.21. The molecule has 0 aliphatic carbocycles. The molecule has 0 spiro atoms. The van der Waals surface area contributed by atoms with E-state index in [2.05, 4.69) is 17.9 Å². The van der Waals surface area contributed by atoms with Crippen molar-refractivity contribution in [3.63, 3.8) is 0 Å². The lowest BCUT2D eigenvalue weighted by atomic mass is 10.2. The van der Waals surface area contributed by atoms with Gasteiger partial charge in [0.2, 0.25) is 0 Å². The highest BCUT2D eigenvalue weighted by molar-refractivity contribution is 7.92. The fourth-order valence-corrected chi connectivity index (χ4v) is 3.80. The molecule has 0 aliphatic heterocycles. The number of sulfonamides is 1. The molecule has 2 rings (SSSR count). The summed E-state index contributed by atoms with van der Waals surface area (Å²) in [5.41, 5.74) is 0.0154. The second-order valence-electron chi connectivity index (χ2n) is 6.51. The van der Waals surface area contributed by atoms with Crippen LogP contribution in [0.4, 0.5) is 5.69 Å². The molecule has 0 heterocycles. The van der Waals surface area contributed by atoms with Gasteiger partial charge >= 0.3 is 5.97 Å². The van der Waals surface area contributed by atoms with Crippen LogP contribution in [0.15, 0.2) is 78.7 Å². The number of anilines is 1. The number of hydrogen-bond acceptors (Lipinski definition) is 6. The molecule has 0 fully saturated rings. The first kappa shape index (κ1) is 24.7. The van der Waals surface area contributed by atoms with Crippen molar-refractivity contribution in [1.82, 2.24) is 4.90 Å². The van der Waals surface area contributed by atoms with Gasteiger partial charge in [-0.05, 0) is 43.3 Å². The average Bonchev–Trinajstić information content (AvgIpc) is 2.78. The summed E-state index contributed by atoms with van der Waals surface area (Å²) in [6.07, 6.45) is 3.10. The maximum atomic E-state index is 12.8. The summed E-state index contributed by atoms with van der Waals surface area (Å²) >= 11 is 0. The molecule has 8 nitrogen and oxygen atoms in total. The van der Waals surface area contributed by atoms with Crippen molar-refractivity contribution >= 4 is 27.6 Å². The van der Waals surface area contributed by atoms with Gasteiger partial charge in [0, 0.05) is 13.1 Å². The number of esters is 1. The van der Waals surface area contributed by atoms with Crippen LogP contribution in [0.3, 0.4) is 0 Å². The molecular weight excluding hydrogens is 432 g/mol. The molecular formula is C23H26N2O6S. The zero-order valence-electron chi connectivity index (χ0n) is 17.8. The maximum absolute atomic E-state index is 12.8. The zero-order valence-corrected chi connectivity index (χ0v) is 18.6. The van der Waals surface area contributed by atoms with Crippen LogP contribution in [0.2, 0.25) is 0 Å². The molecule has 0 unspecified atom stereocenters. The first-order valence-electron chi connectivity index (χ1n) is 9.83. The van der Waals surface area contributed by atoms with Gasteiger partial charge in [-0.2, -0.15) is 0 Å². The van der Waals surface area contributed by atoms with E-state index < -0.39 is 28.5 Å². The molecule has 2 aromatic carbocycles. The van der Waals surface area contributed by atoms with E-state index in [1.54, 1.807) is 36.4 Å². The maximum Gasteiger partial charge on any atom is 0.340 e. The summed E-state index contributed by atoms with van der Waals surface area (Å²) in [5.74, 6) is -0.715. The second kappa shape index (κ2) is 11.7. The number of nitrogens with one attached hydrogen (secondary N) is 1. The van der Waals surface area contributed by atoms with E-state index in [-0.39, 0.29) is 29.2 Å². The van der Waals surface area contributed by atoms with E-state index in [1.807, 2.05) is 6.92 Å². The molecule has 1 N–H and O–H groups in total. The summed E-state index contributed by atoms with van der Waals surface area (Å²) in [5, 5.41) is 0. The van der Waals surface area contributed by atoms with Gasteiger partial charge in [0.25, 0.3) is 15.9 Å². The van der Waals surface area contributed by atoms with Gasteiger partial charge in [-0.25, -0.2) is 13.2 Å². The molecule has 0 radical (unpaired) electrons. The minimum Gasteiger partial charge on any atom is -0.494 e. The van der Waals surface area contributed by atoms with Crippen LogP contribution in [0.5, 0.6) is 5.75 Å². The number of nitrogens with zero attached hydrogens (tertiary/aromatic N) is 1. The van der Waals surface area contributed by atoms with Gasteiger partial charge in [-0.15, -0.1) is 13.2 Å². The number of hydrogen-bond donors (Lipinski definition) is 1. The minimum absolute atomic E-state index is 0.00351. The molecule has 9 heteroatoms. The van der Waals surface area contributed by atoms with E-state index in [4.69, 9.17) is 9.47 Å². The summed E-state index contributed by atoms with van der Waals surface area (Å²) in [6.45, 7) is 9.51. The zero-order chi connectivity index (χ0) is 23.6. The highest BCUT2D eigenvalue weighted by Crippen LogP contribution is 2.22. The number of rotatable bonds is 12. The normalized spacial score (nSPS) is 10.7. The van der Waals surface area contributed by atoms with Gasteiger partial charge in [0.15, 0.2) is 6.61 Å². The largest absolute Gasteiger partial charge is 0.494 e. The number of amides is 1. The van der Waals surface area contributed by atoms with Crippen LogP contribution >= 0.6 is 0 Å². The molecule has 0 atom stereocenters. The Hall–Kier alpha value is -3.59. The lowest BCUT2D eigenvalue weighted by Gasteiger charge is -2.19. The van der Waals surface area contributed by atoms with Crippen LogP contribution in [0.1, 0.15) is 17.3 Å². The topological polar surface area (TPSA) is 102 Å². The summed E-state index contributed by atoms with van der Waals surface area (Å²) in [7, 11) is -3.97. The van der Waals surface area contributed by atoms with E-state index in [0.29, 0.717) is 12.4 Å². The first-order chi connectivity index (χ1) is 15.3. The van der Waals surface area contributed by atoms with Crippen molar-refractivity contribution in [3.05, 3.63) is 79.4 Å². The predicted molar refractivity (Wildman–Crippen MR) is 122 cm³/mol. The van der Waals surface area contributed by atoms with E-state index >= 15 is 0 Å². The van der Waals surface area contributed by atoms with Gasteiger partial charge in [-0.1, -0.05) is 24.3 Å². The Labute approximate surface area is 188 Å². The molecule has 0 saturated carbocycles. The Kier molecular flexibility index (Phi) is 9.03. The molecule has 32 heavy (non-hydrogen) atoms. The average molecular weight is 459 g/mol. The number of carbonyl (C=O) groups excluding carboxylic acids is 2. The molecule has 0 aromatic heterocycles. The monoisotopic (exact) mass is 458 g/mol. The van der Waals surface area contributed by atoms with Crippen LogP contribution in [-0.4, -0.2) is 51.5 Å². The Morgan fingerprint density at radius 3 is 2.25 bits per heavy atom. The lowest BCUT2D eigenvalue weighted by molar-refractivity contribution is -0.133. The van der Waals surface area contributed by atoms with Crippen molar-refractivity contribution in [1.29, 1.82) is 0 Å². The van der Waals surface area contributed by atoms with Crippen LogP contribution in [0, 0.1) is 0 Å². The van der Waals surface area contributed by atoms with E-state index in [9.17, 15) is 18.0 Å². The third kappa shape index (κ3) is 6.71. The Balaban J connectivity index is 2.14. The SMILES string of the molecule is C=CCN(CC=C)C(=O)COC(=O)c1ccccc1NS(=O)(=O)c1ccc(OCC)cc1. The van der Waals surface area contributed by atoms with Crippen LogP contribution < -0.4 is 9.46 Å². The standard InChI is InChI=1S/C23H26N2O6S/c1-4-15-25(16-5-2)22(26)17-31-23(27)20-9-7-8-10-21(20)24-32(28,29)19-13-11-18(12-14-19)30-6-3/h4-5,7-14,24H,1-2,6,15-17H2,3H3. The van der Waals surface area contributed by atoms with Crippen molar-refractivity contribution in [2.24, 2.45) is 0 Å². The summed E-state index contributed by atoms with van der Waals surface area (Å²) in [4.78, 5) is 26.2. The van der Waals surface area contributed by atoms with Gasteiger partial charge in [-0.3, -0.25) is 9.52 Å². The van der Waals surface area contributed by atoms with Crippen molar-refractivity contribution < 1.29 is 27.5 Å². The molecule has 1 amide bonds. The number of carbonyl (C=O) groups is 2. The number of benzene rings is 2. The molecule has 170 valence electrons. The Bertz CT molecular complexity index is 1050. The Morgan fingerprint density at radius 1 is 1.03 bits per heavy atom. The van der Waals surface area contributed by atoms with Gasteiger partial charge in [0.05, 0.1) is 22.8 Å². The summed E-state index contributed by atoms with van der Waals surface area (Å²) < 4.78 is 38.4. The summed E-state index contributed by atoms with van der Waals surface area (Å²) in [6, 6.07) is 11.9. The number of ether oxygens (including phenoxy) is 2. The van der Waals surface area contributed by atoms with Gasteiger partial charge in [0.1, 0.15) is 5.75 Å². The smallest absolute Gasteiger partial charge is 0.340 e. The van der Waals surface area contributed by atoms with Gasteiger partial charge < -0.3 is 14.4 Å². The van der Waals surface area contributed by atoms with Crippen LogP contribution in [-0.2, 0) is 19.6 Å². The molecule has 2 aromatic rings. The predicted octanol–water partition coefficient (Wildman–Crippen LogP) is 3.24. The molecule has 0 aliphatic rings. The highest BCUT2D eigenvalue weighted by Gasteiger charge is 2.21. The minimum atomic E-state index is -3.97. The quantitative estimate of drug-likeness (QED) is 0.387. The van der Waals surface area contributed by atoms with Crippen LogP contribution in [0.25, 0.3) is 0 Å². The lowest BCUT2D eigenvalue weighted by Crippen LogP contribution is -2.35.